The fourth-order valence-corrected chi connectivity index (χ4v) is 3.06. The Morgan fingerprint density at radius 2 is 2.00 bits per heavy atom. The lowest BCUT2D eigenvalue weighted by atomic mass is 10.0. The van der Waals surface area contributed by atoms with E-state index < -0.39 is 0 Å². The first-order valence-electron chi connectivity index (χ1n) is 7.07. The number of rotatable bonds is 7. The maximum absolute atomic E-state index is 9.03. The van der Waals surface area contributed by atoms with Crippen LogP contribution < -0.4 is 5.73 Å². The molecule has 1 rings (SSSR count). The van der Waals surface area contributed by atoms with Gasteiger partial charge in [0.05, 0.1) is 11.3 Å². The second kappa shape index (κ2) is 8.09. The van der Waals surface area contributed by atoms with Crippen LogP contribution in [0.1, 0.15) is 50.9 Å². The van der Waals surface area contributed by atoms with Crippen molar-refractivity contribution in [2.45, 2.75) is 52.0 Å². The van der Waals surface area contributed by atoms with Crippen molar-refractivity contribution in [2.24, 2.45) is 16.8 Å². The molecule has 0 bridgehead atoms. The van der Waals surface area contributed by atoms with Crippen molar-refractivity contribution in [1.82, 2.24) is 10.2 Å². The SMILES string of the molecule is CCc1nnc(SCC(C)CC)c(C(N)=NO)c1CC. The molecule has 0 amide bonds. The van der Waals surface area contributed by atoms with Gasteiger partial charge in [0.15, 0.2) is 5.84 Å². The lowest BCUT2D eigenvalue weighted by Crippen LogP contribution is -2.20. The number of aryl methyl sites for hydroxylation is 1. The van der Waals surface area contributed by atoms with Gasteiger partial charge in [-0.2, -0.15) is 5.10 Å². The van der Waals surface area contributed by atoms with E-state index >= 15 is 0 Å². The van der Waals surface area contributed by atoms with Crippen molar-refractivity contribution in [1.29, 1.82) is 0 Å². The summed E-state index contributed by atoms with van der Waals surface area (Å²) in [7, 11) is 0. The number of hydrogen-bond donors (Lipinski definition) is 2. The molecule has 0 aliphatic rings. The molecule has 0 aromatic carbocycles. The predicted octanol–water partition coefficient (Wildman–Crippen LogP) is 2.83. The van der Waals surface area contributed by atoms with Crippen molar-refractivity contribution in [3.63, 3.8) is 0 Å². The summed E-state index contributed by atoms with van der Waals surface area (Å²) in [4.78, 5) is 0. The van der Waals surface area contributed by atoms with Gasteiger partial charge in [0.1, 0.15) is 5.03 Å². The maximum atomic E-state index is 9.03. The Hall–Kier alpha value is -1.30. The molecule has 5 nitrogen and oxygen atoms in total. The van der Waals surface area contributed by atoms with E-state index in [4.69, 9.17) is 10.9 Å². The van der Waals surface area contributed by atoms with E-state index in [1.54, 1.807) is 11.8 Å². The van der Waals surface area contributed by atoms with Crippen molar-refractivity contribution < 1.29 is 5.21 Å². The molecule has 1 atom stereocenters. The van der Waals surface area contributed by atoms with Crippen LogP contribution in [0, 0.1) is 5.92 Å². The van der Waals surface area contributed by atoms with Crippen LogP contribution >= 0.6 is 11.8 Å². The fourth-order valence-electron chi connectivity index (χ4n) is 1.91. The van der Waals surface area contributed by atoms with Crippen LogP contribution in [0.4, 0.5) is 0 Å². The van der Waals surface area contributed by atoms with E-state index in [0.717, 1.165) is 46.9 Å². The first kappa shape index (κ1) is 16.8. The van der Waals surface area contributed by atoms with Crippen molar-refractivity contribution >= 4 is 17.6 Å². The standard InChI is InChI=1S/C14H24N4OS/c1-5-9(4)8-20-14-12(13(15)18-19)10(6-2)11(7-3)16-17-14/h9,19H,5-8H2,1-4H3,(H2,15,18). The van der Waals surface area contributed by atoms with Crippen molar-refractivity contribution in [3.05, 3.63) is 16.8 Å². The molecule has 0 radical (unpaired) electrons. The Bertz CT molecular complexity index is 476. The van der Waals surface area contributed by atoms with Crippen LogP contribution in [0.3, 0.4) is 0 Å². The molecular weight excluding hydrogens is 272 g/mol. The fraction of sp³-hybridized carbons (Fsp3) is 0.643. The van der Waals surface area contributed by atoms with Gasteiger partial charge in [-0.25, -0.2) is 0 Å². The minimum absolute atomic E-state index is 0.123. The van der Waals surface area contributed by atoms with Gasteiger partial charge in [0.25, 0.3) is 0 Å². The number of amidine groups is 1. The second-order valence-electron chi connectivity index (χ2n) is 4.82. The highest BCUT2D eigenvalue weighted by Gasteiger charge is 2.18. The zero-order valence-corrected chi connectivity index (χ0v) is 13.5. The van der Waals surface area contributed by atoms with Crippen LogP contribution in [0.15, 0.2) is 10.2 Å². The smallest absolute Gasteiger partial charge is 0.173 e. The number of aromatic nitrogens is 2. The van der Waals surface area contributed by atoms with E-state index in [2.05, 4.69) is 29.2 Å². The monoisotopic (exact) mass is 296 g/mol. The number of nitrogens with zero attached hydrogens (tertiary/aromatic N) is 3. The molecule has 1 heterocycles. The van der Waals surface area contributed by atoms with Crippen LogP contribution in [0.2, 0.25) is 0 Å². The summed E-state index contributed by atoms with van der Waals surface area (Å²) in [5.41, 5.74) is 8.55. The average Bonchev–Trinajstić information content (AvgIpc) is 2.50. The largest absolute Gasteiger partial charge is 0.409 e. The molecule has 1 aromatic rings. The van der Waals surface area contributed by atoms with E-state index in [1.165, 1.54) is 0 Å². The molecule has 112 valence electrons. The number of hydrogen-bond acceptors (Lipinski definition) is 5. The molecule has 0 aliphatic heterocycles. The summed E-state index contributed by atoms with van der Waals surface area (Å²) in [5.74, 6) is 1.67. The van der Waals surface area contributed by atoms with E-state index in [1.807, 2.05) is 13.8 Å². The van der Waals surface area contributed by atoms with Gasteiger partial charge in [0, 0.05) is 5.75 Å². The zero-order chi connectivity index (χ0) is 15.1. The highest BCUT2D eigenvalue weighted by molar-refractivity contribution is 7.99. The summed E-state index contributed by atoms with van der Waals surface area (Å²) in [6, 6.07) is 0. The van der Waals surface area contributed by atoms with Crippen LogP contribution in [0.25, 0.3) is 0 Å². The summed E-state index contributed by atoms with van der Waals surface area (Å²) in [6.45, 7) is 8.45. The van der Waals surface area contributed by atoms with Gasteiger partial charge in [-0.3, -0.25) is 0 Å². The average molecular weight is 296 g/mol. The first-order chi connectivity index (χ1) is 9.58. The summed E-state index contributed by atoms with van der Waals surface area (Å²) in [6.07, 6.45) is 2.70. The molecule has 3 N–H and O–H groups in total. The van der Waals surface area contributed by atoms with Crippen molar-refractivity contribution in [3.8, 4) is 0 Å². The third-order valence-electron chi connectivity index (χ3n) is 3.38. The molecule has 20 heavy (non-hydrogen) atoms. The van der Waals surface area contributed by atoms with Crippen molar-refractivity contribution in [2.75, 3.05) is 5.75 Å². The van der Waals surface area contributed by atoms with Gasteiger partial charge < -0.3 is 10.9 Å². The third-order valence-corrected chi connectivity index (χ3v) is 4.67. The summed E-state index contributed by atoms with van der Waals surface area (Å²) in [5, 5.41) is 21.5. The van der Waals surface area contributed by atoms with Gasteiger partial charge in [-0.05, 0) is 24.3 Å². The van der Waals surface area contributed by atoms with Crippen LogP contribution in [-0.2, 0) is 12.8 Å². The quantitative estimate of drug-likeness (QED) is 0.266. The molecule has 0 spiro atoms. The molecular formula is C14H24N4OS. The maximum Gasteiger partial charge on any atom is 0.173 e. The zero-order valence-electron chi connectivity index (χ0n) is 12.7. The Kier molecular flexibility index (Phi) is 6.78. The van der Waals surface area contributed by atoms with Gasteiger partial charge in [-0.1, -0.05) is 39.3 Å². The highest BCUT2D eigenvalue weighted by Crippen LogP contribution is 2.27. The van der Waals surface area contributed by atoms with Crippen LogP contribution in [-0.4, -0.2) is 27.0 Å². The molecule has 6 heteroatoms. The Morgan fingerprint density at radius 1 is 1.30 bits per heavy atom. The summed E-state index contributed by atoms with van der Waals surface area (Å²) < 4.78 is 0. The highest BCUT2D eigenvalue weighted by atomic mass is 32.2. The van der Waals surface area contributed by atoms with E-state index in [-0.39, 0.29) is 5.84 Å². The van der Waals surface area contributed by atoms with Crippen LogP contribution in [0.5, 0.6) is 0 Å². The minimum atomic E-state index is 0.123. The summed E-state index contributed by atoms with van der Waals surface area (Å²) >= 11 is 1.63. The molecule has 0 aliphatic carbocycles. The number of nitrogens with two attached hydrogens (primary N) is 1. The lowest BCUT2D eigenvalue weighted by molar-refractivity contribution is 0.318. The molecule has 1 aromatic heterocycles. The molecule has 0 saturated heterocycles. The van der Waals surface area contributed by atoms with Gasteiger partial charge in [-0.15, -0.1) is 16.9 Å². The Labute approximate surface area is 125 Å². The minimum Gasteiger partial charge on any atom is -0.409 e. The lowest BCUT2D eigenvalue weighted by Gasteiger charge is -2.15. The van der Waals surface area contributed by atoms with Gasteiger partial charge >= 0.3 is 0 Å². The van der Waals surface area contributed by atoms with Gasteiger partial charge in [0.2, 0.25) is 0 Å². The first-order valence-corrected chi connectivity index (χ1v) is 8.06. The molecule has 0 fully saturated rings. The normalized spacial score (nSPS) is 13.5. The molecule has 0 saturated carbocycles. The topological polar surface area (TPSA) is 84.4 Å². The Morgan fingerprint density at radius 3 is 2.50 bits per heavy atom. The number of oxime groups is 1. The Balaban J connectivity index is 3.22. The van der Waals surface area contributed by atoms with E-state index in [9.17, 15) is 0 Å². The number of thioether (sulfide) groups is 1. The van der Waals surface area contributed by atoms with E-state index in [0.29, 0.717) is 5.92 Å². The third kappa shape index (κ3) is 3.85. The second-order valence-corrected chi connectivity index (χ2v) is 5.83. The molecule has 1 unspecified atom stereocenters. The predicted molar refractivity (Wildman–Crippen MR) is 83.5 cm³/mol.